The van der Waals surface area contributed by atoms with Gasteiger partial charge in [-0.1, -0.05) is 13.8 Å². The molecule has 0 radical (unpaired) electrons. The fourth-order valence-electron chi connectivity index (χ4n) is 2.02. The molecule has 0 bridgehead atoms. The number of imidazole rings is 1. The van der Waals surface area contributed by atoms with Crippen LogP contribution in [-0.4, -0.2) is 26.2 Å². The molecule has 4 nitrogen and oxygen atoms in total. The highest BCUT2D eigenvalue weighted by molar-refractivity contribution is 5.72. The van der Waals surface area contributed by atoms with Crippen molar-refractivity contribution in [1.82, 2.24) is 14.5 Å². The number of rotatable bonds is 4. The minimum atomic E-state index is 0.197. The van der Waals surface area contributed by atoms with Gasteiger partial charge in [-0.2, -0.15) is 0 Å². The molecule has 0 atom stereocenters. The average molecular weight is 233 g/mol. The van der Waals surface area contributed by atoms with Crippen LogP contribution in [0.1, 0.15) is 37.6 Å². The van der Waals surface area contributed by atoms with Crippen LogP contribution in [0.3, 0.4) is 0 Å². The number of hydrogen-bond acceptors (Lipinski definition) is 3. The van der Waals surface area contributed by atoms with Crippen LogP contribution in [0.25, 0.3) is 11.2 Å². The second-order valence-corrected chi connectivity index (χ2v) is 4.71. The summed E-state index contributed by atoms with van der Waals surface area (Å²) in [4.78, 5) is 9.10. The van der Waals surface area contributed by atoms with Crippen molar-refractivity contribution in [2.45, 2.75) is 39.7 Å². The molecular formula is C13H19N3O. The van der Waals surface area contributed by atoms with Crippen LogP contribution in [0.15, 0.2) is 12.3 Å². The standard InChI is InChI=1S/C13H19N3O/c1-9(2)12-15-11-7-10(3)8-14-13(11)16(12)5-4-6-17/h7-9,17H,4-6H2,1-3H3. The molecule has 2 rings (SSSR count). The van der Waals surface area contributed by atoms with Gasteiger partial charge in [0.1, 0.15) is 11.3 Å². The summed E-state index contributed by atoms with van der Waals surface area (Å²) in [7, 11) is 0. The fourth-order valence-corrected chi connectivity index (χ4v) is 2.02. The van der Waals surface area contributed by atoms with Gasteiger partial charge >= 0.3 is 0 Å². The zero-order valence-corrected chi connectivity index (χ0v) is 10.6. The molecule has 0 amide bonds. The molecule has 0 spiro atoms. The van der Waals surface area contributed by atoms with Crippen molar-refractivity contribution >= 4 is 11.2 Å². The molecule has 0 aliphatic rings. The summed E-state index contributed by atoms with van der Waals surface area (Å²) in [5.41, 5.74) is 3.00. The van der Waals surface area contributed by atoms with E-state index in [4.69, 9.17) is 5.11 Å². The highest BCUT2D eigenvalue weighted by Gasteiger charge is 2.14. The van der Waals surface area contributed by atoms with E-state index >= 15 is 0 Å². The minimum Gasteiger partial charge on any atom is -0.396 e. The van der Waals surface area contributed by atoms with Gasteiger partial charge in [-0.15, -0.1) is 0 Å². The van der Waals surface area contributed by atoms with E-state index in [0.717, 1.165) is 35.5 Å². The second-order valence-electron chi connectivity index (χ2n) is 4.71. The Kier molecular flexibility index (Phi) is 3.43. The monoisotopic (exact) mass is 233 g/mol. The van der Waals surface area contributed by atoms with E-state index in [9.17, 15) is 0 Å². The summed E-state index contributed by atoms with van der Waals surface area (Å²) < 4.78 is 2.12. The van der Waals surface area contributed by atoms with E-state index < -0.39 is 0 Å². The molecule has 0 aliphatic heterocycles. The van der Waals surface area contributed by atoms with Crippen LogP contribution >= 0.6 is 0 Å². The van der Waals surface area contributed by atoms with Crippen molar-refractivity contribution in [3.63, 3.8) is 0 Å². The molecule has 2 aromatic heterocycles. The minimum absolute atomic E-state index is 0.197. The highest BCUT2D eigenvalue weighted by Crippen LogP contribution is 2.21. The number of pyridine rings is 1. The predicted octanol–water partition coefficient (Wildman–Crippen LogP) is 2.25. The molecule has 0 aliphatic carbocycles. The van der Waals surface area contributed by atoms with Gasteiger partial charge in [0.05, 0.1) is 0 Å². The number of fused-ring (bicyclic) bond motifs is 1. The molecule has 17 heavy (non-hydrogen) atoms. The Morgan fingerprint density at radius 1 is 1.41 bits per heavy atom. The Morgan fingerprint density at radius 3 is 2.82 bits per heavy atom. The van der Waals surface area contributed by atoms with Gasteiger partial charge in [-0.25, -0.2) is 9.97 Å². The highest BCUT2D eigenvalue weighted by atomic mass is 16.3. The van der Waals surface area contributed by atoms with Crippen LogP contribution in [0.4, 0.5) is 0 Å². The van der Waals surface area contributed by atoms with E-state index in [-0.39, 0.29) is 6.61 Å². The Labute approximate surface area is 101 Å². The summed E-state index contributed by atoms with van der Waals surface area (Å²) in [6.07, 6.45) is 2.60. The van der Waals surface area contributed by atoms with Gasteiger partial charge in [-0.05, 0) is 25.0 Å². The van der Waals surface area contributed by atoms with E-state index in [1.807, 2.05) is 13.1 Å². The lowest BCUT2D eigenvalue weighted by Gasteiger charge is -2.09. The fraction of sp³-hybridized carbons (Fsp3) is 0.538. The van der Waals surface area contributed by atoms with Crippen molar-refractivity contribution in [2.75, 3.05) is 6.61 Å². The third-order valence-electron chi connectivity index (χ3n) is 2.81. The lowest BCUT2D eigenvalue weighted by Crippen LogP contribution is -2.07. The van der Waals surface area contributed by atoms with Crippen molar-refractivity contribution < 1.29 is 5.11 Å². The van der Waals surface area contributed by atoms with Gasteiger partial charge < -0.3 is 9.67 Å². The molecular weight excluding hydrogens is 214 g/mol. The third kappa shape index (κ3) is 2.31. The smallest absolute Gasteiger partial charge is 0.160 e. The summed E-state index contributed by atoms with van der Waals surface area (Å²) in [5, 5.41) is 8.96. The van der Waals surface area contributed by atoms with Gasteiger partial charge in [0.25, 0.3) is 0 Å². The van der Waals surface area contributed by atoms with E-state index in [2.05, 4.69) is 34.4 Å². The zero-order chi connectivity index (χ0) is 12.4. The first-order chi connectivity index (χ1) is 8.13. The molecule has 0 fully saturated rings. The number of aromatic nitrogens is 3. The van der Waals surface area contributed by atoms with Crippen LogP contribution in [-0.2, 0) is 6.54 Å². The maximum absolute atomic E-state index is 8.96. The summed E-state index contributed by atoms with van der Waals surface area (Å²) in [5.74, 6) is 1.41. The number of aliphatic hydroxyl groups is 1. The third-order valence-corrected chi connectivity index (χ3v) is 2.81. The summed E-state index contributed by atoms with van der Waals surface area (Å²) >= 11 is 0. The molecule has 2 aromatic rings. The molecule has 4 heteroatoms. The average Bonchev–Trinajstić information content (AvgIpc) is 2.64. The first kappa shape index (κ1) is 12.0. The Bertz CT molecular complexity index is 517. The Morgan fingerprint density at radius 2 is 2.18 bits per heavy atom. The van der Waals surface area contributed by atoms with Crippen LogP contribution < -0.4 is 0 Å². The van der Waals surface area contributed by atoms with Gasteiger partial charge in [0, 0.05) is 25.3 Å². The topological polar surface area (TPSA) is 50.9 Å². The first-order valence-electron chi connectivity index (χ1n) is 6.07. The molecule has 0 saturated carbocycles. The number of aryl methyl sites for hydroxylation is 2. The number of nitrogens with zero attached hydrogens (tertiary/aromatic N) is 3. The van der Waals surface area contributed by atoms with Crippen molar-refractivity contribution in [3.8, 4) is 0 Å². The first-order valence-corrected chi connectivity index (χ1v) is 6.07. The van der Waals surface area contributed by atoms with Gasteiger partial charge in [0.15, 0.2) is 5.65 Å². The maximum atomic E-state index is 8.96. The van der Waals surface area contributed by atoms with E-state index in [1.54, 1.807) is 0 Å². The van der Waals surface area contributed by atoms with Crippen molar-refractivity contribution in [3.05, 3.63) is 23.7 Å². The molecule has 2 heterocycles. The molecule has 1 N–H and O–H groups in total. The van der Waals surface area contributed by atoms with Crippen LogP contribution in [0.2, 0.25) is 0 Å². The quantitative estimate of drug-likeness (QED) is 0.881. The van der Waals surface area contributed by atoms with Crippen molar-refractivity contribution in [2.24, 2.45) is 0 Å². The van der Waals surface area contributed by atoms with Crippen LogP contribution in [0, 0.1) is 6.92 Å². The maximum Gasteiger partial charge on any atom is 0.160 e. The van der Waals surface area contributed by atoms with E-state index in [0.29, 0.717) is 5.92 Å². The summed E-state index contributed by atoms with van der Waals surface area (Å²) in [6.45, 7) is 7.25. The largest absolute Gasteiger partial charge is 0.396 e. The van der Waals surface area contributed by atoms with E-state index in [1.165, 1.54) is 0 Å². The molecule has 0 saturated heterocycles. The SMILES string of the molecule is Cc1cnc2c(c1)nc(C(C)C)n2CCCO. The number of hydrogen-bond donors (Lipinski definition) is 1. The number of aliphatic hydroxyl groups excluding tert-OH is 1. The predicted molar refractivity (Wildman–Crippen MR) is 68.1 cm³/mol. The van der Waals surface area contributed by atoms with Crippen molar-refractivity contribution in [1.29, 1.82) is 0 Å². The lowest BCUT2D eigenvalue weighted by atomic mass is 10.2. The zero-order valence-electron chi connectivity index (χ0n) is 10.6. The lowest BCUT2D eigenvalue weighted by molar-refractivity contribution is 0.279. The molecule has 0 unspecified atom stereocenters. The second kappa shape index (κ2) is 4.84. The Balaban J connectivity index is 2.54. The molecule has 0 aromatic carbocycles. The molecule has 92 valence electrons. The van der Waals surface area contributed by atoms with Gasteiger partial charge in [-0.3, -0.25) is 0 Å². The Hall–Kier alpha value is -1.42. The van der Waals surface area contributed by atoms with Gasteiger partial charge in [0.2, 0.25) is 0 Å². The van der Waals surface area contributed by atoms with Crippen LogP contribution in [0.5, 0.6) is 0 Å². The normalized spacial score (nSPS) is 11.6. The summed E-state index contributed by atoms with van der Waals surface area (Å²) in [6, 6.07) is 2.06.